The first-order valence-corrected chi connectivity index (χ1v) is 13.9. The molecule has 0 bridgehead atoms. The van der Waals surface area contributed by atoms with E-state index in [1.54, 1.807) is 15.9 Å². The predicted molar refractivity (Wildman–Crippen MR) is 145 cm³/mol. The van der Waals surface area contributed by atoms with Crippen molar-refractivity contribution in [2.75, 3.05) is 11.1 Å². The molecule has 1 aliphatic carbocycles. The van der Waals surface area contributed by atoms with Gasteiger partial charge in [-0.15, -0.1) is 21.5 Å². The monoisotopic (exact) mass is 515 g/mol. The summed E-state index contributed by atoms with van der Waals surface area (Å²) in [5.41, 5.74) is 3.13. The first kappa shape index (κ1) is 23.0. The van der Waals surface area contributed by atoms with Crippen molar-refractivity contribution >= 4 is 50.7 Å². The summed E-state index contributed by atoms with van der Waals surface area (Å²) in [6.45, 7) is 0.518. The van der Waals surface area contributed by atoms with E-state index < -0.39 is 0 Å². The van der Waals surface area contributed by atoms with Gasteiger partial charge in [-0.25, -0.2) is 4.40 Å². The van der Waals surface area contributed by atoms with Gasteiger partial charge in [-0.05, 0) is 55.4 Å². The topological polar surface area (TPSA) is 81.3 Å². The van der Waals surface area contributed by atoms with E-state index in [9.17, 15) is 9.59 Å². The van der Waals surface area contributed by atoms with E-state index in [-0.39, 0.29) is 17.2 Å². The zero-order chi connectivity index (χ0) is 24.5. The van der Waals surface area contributed by atoms with Crippen molar-refractivity contribution in [3.63, 3.8) is 0 Å². The fourth-order valence-corrected chi connectivity index (χ4v) is 6.97. The van der Waals surface area contributed by atoms with Crippen LogP contribution >= 0.6 is 23.1 Å². The van der Waals surface area contributed by atoms with Crippen LogP contribution in [0.1, 0.15) is 28.8 Å². The number of thioether (sulfide) groups is 1. The molecule has 7 nitrogen and oxygen atoms in total. The number of nitrogens with one attached hydrogen (secondary N) is 1. The predicted octanol–water partition coefficient (Wildman–Crippen LogP) is 4.96. The number of para-hydroxylation sites is 1. The lowest BCUT2D eigenvalue weighted by molar-refractivity contribution is -0.113. The van der Waals surface area contributed by atoms with Crippen LogP contribution in [0.15, 0.2) is 70.6 Å². The van der Waals surface area contributed by atoms with Gasteiger partial charge in [0.05, 0.1) is 11.1 Å². The zero-order valence-electron chi connectivity index (χ0n) is 19.6. The largest absolute Gasteiger partial charge is 0.325 e. The van der Waals surface area contributed by atoms with E-state index in [2.05, 4.69) is 27.6 Å². The third-order valence-electron chi connectivity index (χ3n) is 6.53. The number of nitrogens with zero attached hydrogens (tertiary/aromatic N) is 4. The number of carbonyl (C=O) groups excluding carboxylic acids is 1. The van der Waals surface area contributed by atoms with Crippen LogP contribution in [0.4, 0.5) is 5.69 Å². The van der Waals surface area contributed by atoms with Gasteiger partial charge in [0.15, 0.2) is 5.16 Å². The second kappa shape index (κ2) is 9.91. The van der Waals surface area contributed by atoms with Crippen molar-refractivity contribution in [3.8, 4) is 0 Å². The molecule has 0 saturated heterocycles. The molecule has 0 saturated carbocycles. The minimum absolute atomic E-state index is 0.0126. The Labute approximate surface area is 216 Å². The number of hydrogen-bond donors (Lipinski definition) is 1. The number of aromatic nitrogens is 4. The molecule has 3 aromatic heterocycles. The van der Waals surface area contributed by atoms with Gasteiger partial charge in [0.25, 0.3) is 5.56 Å². The van der Waals surface area contributed by atoms with Crippen LogP contribution < -0.4 is 10.9 Å². The third kappa shape index (κ3) is 4.33. The minimum atomic E-state index is -0.109. The molecule has 0 atom stereocenters. The highest BCUT2D eigenvalue weighted by atomic mass is 32.2. The molecule has 9 heteroatoms. The molecule has 0 aliphatic heterocycles. The fraction of sp³-hybridized carbons (Fsp3) is 0.259. The van der Waals surface area contributed by atoms with Gasteiger partial charge in [0.1, 0.15) is 4.83 Å². The van der Waals surface area contributed by atoms with Crippen LogP contribution in [0.2, 0.25) is 0 Å². The highest BCUT2D eigenvalue weighted by molar-refractivity contribution is 7.99. The molecule has 1 amide bonds. The maximum Gasteiger partial charge on any atom is 0.263 e. The molecule has 6 rings (SSSR count). The standard InChI is InChI=1S/C27H25N5O2S2/c33-22(28-19-11-5-2-6-12-19)17-35-27-30-29-26-31(16-15-18-9-3-1-4-10-18)24(34)23-20-13-7-8-14-21(20)36-25(23)32(26)27/h1-6,9-12H,7-8,13-17H2,(H,28,33). The molecule has 0 unspecified atom stereocenters. The smallest absolute Gasteiger partial charge is 0.263 e. The van der Waals surface area contributed by atoms with Crippen molar-refractivity contribution in [3.05, 3.63) is 87.0 Å². The van der Waals surface area contributed by atoms with Gasteiger partial charge in [-0.1, -0.05) is 60.3 Å². The molecular weight excluding hydrogens is 490 g/mol. The van der Waals surface area contributed by atoms with E-state index in [0.717, 1.165) is 48.0 Å². The molecule has 2 aromatic carbocycles. The number of carbonyl (C=O) groups is 1. The average molecular weight is 516 g/mol. The second-order valence-electron chi connectivity index (χ2n) is 8.90. The number of amides is 1. The highest BCUT2D eigenvalue weighted by Crippen LogP contribution is 2.36. The summed E-state index contributed by atoms with van der Waals surface area (Å²) >= 11 is 3.02. The lowest BCUT2D eigenvalue weighted by Crippen LogP contribution is -2.24. The summed E-state index contributed by atoms with van der Waals surface area (Å²) in [4.78, 5) is 28.6. The van der Waals surface area contributed by atoms with Crippen LogP contribution in [0.5, 0.6) is 0 Å². The van der Waals surface area contributed by atoms with E-state index in [1.165, 1.54) is 27.8 Å². The third-order valence-corrected chi connectivity index (χ3v) is 8.74. The van der Waals surface area contributed by atoms with Gasteiger partial charge >= 0.3 is 0 Å². The summed E-state index contributed by atoms with van der Waals surface area (Å²) in [7, 11) is 0. The number of fused-ring (bicyclic) bond motifs is 5. The van der Waals surface area contributed by atoms with Crippen LogP contribution in [0.25, 0.3) is 16.0 Å². The number of aryl methyl sites for hydroxylation is 4. The maximum atomic E-state index is 13.8. The van der Waals surface area contributed by atoms with Gasteiger partial charge in [0.2, 0.25) is 11.7 Å². The molecule has 0 fully saturated rings. The van der Waals surface area contributed by atoms with Crippen LogP contribution in [0, 0.1) is 0 Å². The van der Waals surface area contributed by atoms with Crippen molar-refractivity contribution in [2.45, 2.75) is 43.8 Å². The van der Waals surface area contributed by atoms with Gasteiger partial charge in [-0.2, -0.15) is 0 Å². The Morgan fingerprint density at radius 3 is 2.56 bits per heavy atom. The lowest BCUT2D eigenvalue weighted by Gasteiger charge is -2.12. The number of benzene rings is 2. The summed E-state index contributed by atoms with van der Waals surface area (Å²) in [5.74, 6) is 0.626. The summed E-state index contributed by atoms with van der Waals surface area (Å²) in [6, 6.07) is 19.6. The fourth-order valence-electron chi connectivity index (χ4n) is 4.80. The van der Waals surface area contributed by atoms with Gasteiger partial charge < -0.3 is 5.32 Å². The number of hydrogen-bond acceptors (Lipinski definition) is 6. The van der Waals surface area contributed by atoms with Crippen molar-refractivity contribution in [2.24, 2.45) is 0 Å². The number of anilines is 1. The summed E-state index contributed by atoms with van der Waals surface area (Å²) in [5, 5.41) is 13.2. The van der Waals surface area contributed by atoms with Crippen LogP contribution in [-0.2, 0) is 30.6 Å². The Bertz CT molecular complexity index is 1610. The molecule has 1 aliphatic rings. The molecule has 182 valence electrons. The SMILES string of the molecule is O=C(CSc1nnc2n(CCc3ccccc3)c(=O)c3c4c(sc3n12)CCCC4)Nc1ccccc1. The molecule has 0 spiro atoms. The molecule has 36 heavy (non-hydrogen) atoms. The Morgan fingerprint density at radius 2 is 1.75 bits per heavy atom. The van der Waals surface area contributed by atoms with Gasteiger partial charge in [0, 0.05) is 17.1 Å². The van der Waals surface area contributed by atoms with Gasteiger partial charge in [-0.3, -0.25) is 14.2 Å². The number of thiophene rings is 1. The first-order chi connectivity index (χ1) is 17.7. The summed E-state index contributed by atoms with van der Waals surface area (Å²) in [6.07, 6.45) is 4.91. The number of rotatable bonds is 7. The Morgan fingerprint density at radius 1 is 1.00 bits per heavy atom. The molecule has 3 heterocycles. The zero-order valence-corrected chi connectivity index (χ0v) is 21.3. The van der Waals surface area contributed by atoms with E-state index in [0.29, 0.717) is 17.5 Å². The maximum absolute atomic E-state index is 13.8. The second-order valence-corrected chi connectivity index (χ2v) is 10.9. The van der Waals surface area contributed by atoms with Crippen LogP contribution in [0.3, 0.4) is 0 Å². The van der Waals surface area contributed by atoms with Crippen molar-refractivity contribution < 1.29 is 4.79 Å². The van der Waals surface area contributed by atoms with E-state index in [1.807, 2.05) is 52.9 Å². The Balaban J connectivity index is 1.39. The average Bonchev–Trinajstić information content (AvgIpc) is 3.50. The molecular formula is C27H25N5O2S2. The molecule has 1 N–H and O–H groups in total. The minimum Gasteiger partial charge on any atom is -0.325 e. The molecule has 0 radical (unpaired) electrons. The lowest BCUT2D eigenvalue weighted by atomic mass is 9.97. The first-order valence-electron chi connectivity index (χ1n) is 12.1. The Hall–Kier alpha value is -3.43. The van der Waals surface area contributed by atoms with Crippen molar-refractivity contribution in [1.82, 2.24) is 19.2 Å². The normalized spacial score (nSPS) is 13.2. The van der Waals surface area contributed by atoms with Crippen LogP contribution in [-0.4, -0.2) is 30.8 Å². The summed E-state index contributed by atoms with van der Waals surface area (Å²) < 4.78 is 3.75. The quantitative estimate of drug-likeness (QED) is 0.310. The van der Waals surface area contributed by atoms with Crippen molar-refractivity contribution in [1.29, 1.82) is 0 Å². The Kier molecular flexibility index (Phi) is 6.33. The van der Waals surface area contributed by atoms with E-state index in [4.69, 9.17) is 0 Å². The highest BCUT2D eigenvalue weighted by Gasteiger charge is 2.25. The molecule has 5 aromatic rings. The van der Waals surface area contributed by atoms with E-state index >= 15 is 0 Å².